The Hall–Kier alpha value is -1.33. The minimum absolute atomic E-state index is 0.0499. The van der Waals surface area contributed by atoms with Crippen LogP contribution in [0.3, 0.4) is 0 Å². The van der Waals surface area contributed by atoms with Crippen LogP contribution in [-0.2, 0) is 9.53 Å². The van der Waals surface area contributed by atoms with E-state index < -0.39 is 0 Å². The Morgan fingerprint density at radius 3 is 2.84 bits per heavy atom. The molecule has 2 heterocycles. The number of amides is 1. The molecule has 1 amide bonds. The number of carbonyl (C=O) groups is 1. The molecule has 0 unspecified atom stereocenters. The summed E-state index contributed by atoms with van der Waals surface area (Å²) in [7, 11) is 0. The molecule has 4 nitrogen and oxygen atoms in total. The van der Waals surface area contributed by atoms with Gasteiger partial charge in [0.25, 0.3) is 5.91 Å². The number of carbonyl (C=O) groups excluding carboxylic acids is 1. The molecule has 2 aliphatic rings. The van der Waals surface area contributed by atoms with E-state index in [2.05, 4.69) is 15.9 Å². The van der Waals surface area contributed by atoms with E-state index in [1.807, 2.05) is 29.2 Å². The number of nitrogens with zero attached hydrogens (tertiary/aromatic N) is 1. The first-order valence-electron chi connectivity index (χ1n) is 6.24. The van der Waals surface area contributed by atoms with Gasteiger partial charge in [0, 0.05) is 23.1 Å². The minimum atomic E-state index is 0.0499. The summed E-state index contributed by atoms with van der Waals surface area (Å²) in [4.78, 5) is 14.2. The fourth-order valence-corrected chi connectivity index (χ4v) is 2.62. The SMILES string of the molecule is O=C(C1=Cc2cc(Br)ccc2OC1)N1CCOCC1. The summed E-state index contributed by atoms with van der Waals surface area (Å²) in [6.07, 6.45) is 1.92. The zero-order valence-electron chi connectivity index (χ0n) is 10.4. The molecule has 0 atom stereocenters. The number of morpholine rings is 1. The summed E-state index contributed by atoms with van der Waals surface area (Å²) >= 11 is 3.43. The Kier molecular flexibility index (Phi) is 3.57. The fraction of sp³-hybridized carbons (Fsp3) is 0.357. The number of hydrogen-bond acceptors (Lipinski definition) is 3. The molecule has 0 aromatic heterocycles. The van der Waals surface area contributed by atoms with Gasteiger partial charge in [-0.2, -0.15) is 0 Å². The van der Waals surface area contributed by atoms with Gasteiger partial charge in [0.05, 0.1) is 18.8 Å². The highest BCUT2D eigenvalue weighted by Crippen LogP contribution is 2.29. The van der Waals surface area contributed by atoms with Gasteiger partial charge in [0.2, 0.25) is 0 Å². The van der Waals surface area contributed by atoms with Gasteiger partial charge < -0.3 is 14.4 Å². The van der Waals surface area contributed by atoms with Crippen molar-refractivity contribution in [2.75, 3.05) is 32.9 Å². The molecule has 0 bridgehead atoms. The summed E-state index contributed by atoms with van der Waals surface area (Å²) in [5.41, 5.74) is 1.64. The first kappa shape index (κ1) is 12.7. The van der Waals surface area contributed by atoms with Crippen molar-refractivity contribution < 1.29 is 14.3 Å². The van der Waals surface area contributed by atoms with Crippen molar-refractivity contribution in [1.82, 2.24) is 4.90 Å². The lowest BCUT2D eigenvalue weighted by atomic mass is 10.1. The number of hydrogen-bond donors (Lipinski definition) is 0. The predicted molar refractivity (Wildman–Crippen MR) is 75.0 cm³/mol. The Balaban J connectivity index is 1.83. The van der Waals surface area contributed by atoms with Gasteiger partial charge in [-0.25, -0.2) is 0 Å². The van der Waals surface area contributed by atoms with Crippen LogP contribution in [0.4, 0.5) is 0 Å². The van der Waals surface area contributed by atoms with Gasteiger partial charge in [-0.15, -0.1) is 0 Å². The molecule has 0 N–H and O–H groups in total. The highest BCUT2D eigenvalue weighted by atomic mass is 79.9. The van der Waals surface area contributed by atoms with E-state index in [0.29, 0.717) is 38.5 Å². The standard InChI is InChI=1S/C14H14BrNO3/c15-12-1-2-13-10(8-12)7-11(9-19-13)14(17)16-3-5-18-6-4-16/h1-2,7-8H,3-6,9H2. The predicted octanol–water partition coefficient (Wildman–Crippen LogP) is 2.08. The molecular formula is C14H14BrNO3. The topological polar surface area (TPSA) is 38.8 Å². The third-order valence-corrected chi connectivity index (χ3v) is 3.75. The molecule has 3 rings (SSSR count). The third kappa shape index (κ3) is 2.67. The fourth-order valence-electron chi connectivity index (χ4n) is 2.24. The molecule has 5 heteroatoms. The van der Waals surface area contributed by atoms with Crippen molar-refractivity contribution in [1.29, 1.82) is 0 Å². The molecule has 100 valence electrons. The van der Waals surface area contributed by atoms with Crippen LogP contribution >= 0.6 is 15.9 Å². The van der Waals surface area contributed by atoms with Crippen molar-refractivity contribution in [3.8, 4) is 5.75 Å². The summed E-state index contributed by atoms with van der Waals surface area (Å²) in [6, 6.07) is 5.80. The Morgan fingerprint density at radius 2 is 2.05 bits per heavy atom. The summed E-state index contributed by atoms with van der Waals surface area (Å²) in [5, 5.41) is 0. The lowest BCUT2D eigenvalue weighted by Gasteiger charge is -2.28. The number of fused-ring (bicyclic) bond motifs is 1. The normalized spacial score (nSPS) is 18.4. The number of halogens is 1. The van der Waals surface area contributed by atoms with Gasteiger partial charge in [-0.3, -0.25) is 4.79 Å². The van der Waals surface area contributed by atoms with Crippen LogP contribution in [0, 0.1) is 0 Å². The van der Waals surface area contributed by atoms with Crippen molar-refractivity contribution in [3.05, 3.63) is 33.8 Å². The molecule has 2 aliphatic heterocycles. The molecule has 0 radical (unpaired) electrons. The first-order chi connectivity index (χ1) is 9.24. The van der Waals surface area contributed by atoms with Gasteiger partial charge in [0.15, 0.2) is 0 Å². The highest BCUT2D eigenvalue weighted by Gasteiger charge is 2.23. The maximum Gasteiger partial charge on any atom is 0.253 e. The van der Waals surface area contributed by atoms with Crippen molar-refractivity contribution >= 4 is 27.9 Å². The molecular weight excluding hydrogens is 310 g/mol. The summed E-state index contributed by atoms with van der Waals surface area (Å²) < 4.78 is 11.9. The first-order valence-corrected chi connectivity index (χ1v) is 7.03. The quantitative estimate of drug-likeness (QED) is 0.794. The zero-order valence-corrected chi connectivity index (χ0v) is 12.0. The molecule has 19 heavy (non-hydrogen) atoms. The number of benzene rings is 1. The smallest absolute Gasteiger partial charge is 0.253 e. The second-order valence-corrected chi connectivity index (χ2v) is 5.46. The second-order valence-electron chi connectivity index (χ2n) is 4.54. The molecule has 1 fully saturated rings. The maximum atomic E-state index is 12.4. The van der Waals surface area contributed by atoms with Crippen molar-refractivity contribution in [3.63, 3.8) is 0 Å². The largest absolute Gasteiger partial charge is 0.488 e. The van der Waals surface area contributed by atoms with E-state index in [-0.39, 0.29) is 5.91 Å². The van der Waals surface area contributed by atoms with Gasteiger partial charge in [-0.1, -0.05) is 15.9 Å². The van der Waals surface area contributed by atoms with E-state index in [4.69, 9.17) is 9.47 Å². The Bertz CT molecular complexity index is 535. The van der Waals surface area contributed by atoms with Crippen LogP contribution in [0.15, 0.2) is 28.2 Å². The van der Waals surface area contributed by atoms with Gasteiger partial charge >= 0.3 is 0 Å². The lowest BCUT2D eigenvalue weighted by Crippen LogP contribution is -2.42. The minimum Gasteiger partial charge on any atom is -0.488 e. The molecule has 0 aliphatic carbocycles. The zero-order chi connectivity index (χ0) is 13.2. The van der Waals surface area contributed by atoms with Gasteiger partial charge in [-0.05, 0) is 24.3 Å². The van der Waals surface area contributed by atoms with E-state index in [0.717, 1.165) is 15.8 Å². The number of rotatable bonds is 1. The average Bonchev–Trinajstić information content (AvgIpc) is 2.46. The second kappa shape index (κ2) is 5.35. The van der Waals surface area contributed by atoms with Crippen LogP contribution in [0.1, 0.15) is 5.56 Å². The van der Waals surface area contributed by atoms with Crippen LogP contribution in [-0.4, -0.2) is 43.7 Å². The van der Waals surface area contributed by atoms with E-state index in [9.17, 15) is 4.79 Å². The highest BCUT2D eigenvalue weighted by molar-refractivity contribution is 9.10. The van der Waals surface area contributed by atoms with Crippen LogP contribution in [0.2, 0.25) is 0 Å². The third-order valence-electron chi connectivity index (χ3n) is 3.26. The van der Waals surface area contributed by atoms with Gasteiger partial charge in [0.1, 0.15) is 12.4 Å². The van der Waals surface area contributed by atoms with Crippen LogP contribution < -0.4 is 4.74 Å². The summed E-state index contributed by atoms with van der Waals surface area (Å²) in [6.45, 7) is 2.87. The van der Waals surface area contributed by atoms with Crippen LogP contribution in [0.25, 0.3) is 6.08 Å². The Morgan fingerprint density at radius 1 is 1.26 bits per heavy atom. The van der Waals surface area contributed by atoms with Crippen molar-refractivity contribution in [2.45, 2.75) is 0 Å². The monoisotopic (exact) mass is 323 g/mol. The van der Waals surface area contributed by atoms with E-state index in [1.54, 1.807) is 0 Å². The molecule has 0 saturated carbocycles. The summed E-state index contributed by atoms with van der Waals surface area (Å²) in [5.74, 6) is 0.871. The van der Waals surface area contributed by atoms with E-state index in [1.165, 1.54) is 0 Å². The maximum absolute atomic E-state index is 12.4. The molecule has 1 aromatic rings. The number of ether oxygens (including phenoxy) is 2. The average molecular weight is 324 g/mol. The lowest BCUT2D eigenvalue weighted by molar-refractivity contribution is -0.131. The molecule has 0 spiro atoms. The molecule has 1 saturated heterocycles. The van der Waals surface area contributed by atoms with Crippen LogP contribution in [0.5, 0.6) is 5.75 Å². The molecule has 1 aromatic carbocycles. The van der Waals surface area contributed by atoms with E-state index >= 15 is 0 Å². The van der Waals surface area contributed by atoms with Crippen molar-refractivity contribution in [2.24, 2.45) is 0 Å². The Labute approximate surface area is 120 Å².